The van der Waals surface area contributed by atoms with Crippen LogP contribution in [-0.4, -0.2) is 42.9 Å². The summed E-state index contributed by atoms with van der Waals surface area (Å²) in [5, 5.41) is 13.7. The third kappa shape index (κ3) is 2.72. The van der Waals surface area contributed by atoms with Crippen molar-refractivity contribution >= 4 is 17.7 Å². The van der Waals surface area contributed by atoms with Crippen molar-refractivity contribution in [1.29, 1.82) is 0 Å². The van der Waals surface area contributed by atoms with Gasteiger partial charge in [-0.2, -0.15) is 5.10 Å². The third-order valence-corrected chi connectivity index (χ3v) is 3.21. The van der Waals surface area contributed by atoms with Gasteiger partial charge in [-0.25, -0.2) is 19.4 Å². The summed E-state index contributed by atoms with van der Waals surface area (Å²) in [6.07, 6.45) is 0.374. The Morgan fingerprint density at radius 3 is 2.75 bits per heavy atom. The Kier molecular flexibility index (Phi) is 3.89. The molecule has 0 aromatic carbocycles. The fourth-order valence-electron chi connectivity index (χ4n) is 1.87. The van der Waals surface area contributed by atoms with Crippen molar-refractivity contribution in [3.8, 4) is 5.82 Å². The average molecular weight is 296 g/mol. The van der Waals surface area contributed by atoms with Gasteiger partial charge in [0.1, 0.15) is 11.5 Å². The Bertz CT molecular complexity index is 655. The lowest BCUT2D eigenvalue weighted by Crippen LogP contribution is -2.24. The summed E-state index contributed by atoms with van der Waals surface area (Å²) in [6.45, 7) is 3.96. The number of halogens is 1. The molecule has 0 spiro atoms. The van der Waals surface area contributed by atoms with E-state index in [1.54, 1.807) is 10.7 Å². The summed E-state index contributed by atoms with van der Waals surface area (Å²) in [4.78, 5) is 20.0. The minimum Gasteiger partial charge on any atom is -0.465 e. The first-order valence-corrected chi connectivity index (χ1v) is 6.25. The van der Waals surface area contributed by atoms with Crippen LogP contribution in [0.25, 0.3) is 5.82 Å². The second-order valence-corrected chi connectivity index (χ2v) is 4.79. The van der Waals surface area contributed by atoms with Gasteiger partial charge in [0, 0.05) is 24.4 Å². The molecule has 0 aliphatic rings. The van der Waals surface area contributed by atoms with Crippen LogP contribution < -0.4 is 0 Å². The number of hydrogen-bond acceptors (Lipinski definition) is 4. The molecule has 0 fully saturated rings. The van der Waals surface area contributed by atoms with E-state index in [4.69, 9.17) is 16.7 Å². The molecule has 0 saturated carbocycles. The van der Waals surface area contributed by atoms with E-state index in [1.807, 2.05) is 13.8 Å². The molecule has 1 N–H and O–H groups in total. The number of nitrogens with zero attached hydrogens (tertiary/aromatic N) is 5. The molecule has 2 aromatic rings. The molecule has 2 aromatic heterocycles. The van der Waals surface area contributed by atoms with Crippen LogP contribution in [0.3, 0.4) is 0 Å². The SMILES string of the molecule is Cc1nn(-c2cc(Cl)ncn2)c(C)c1CN(C)C(=O)O. The molecule has 0 radical (unpaired) electrons. The third-order valence-electron chi connectivity index (χ3n) is 3.00. The Labute approximate surface area is 120 Å². The van der Waals surface area contributed by atoms with Crippen LogP contribution in [0.4, 0.5) is 4.79 Å². The maximum absolute atomic E-state index is 10.9. The molecule has 0 bridgehead atoms. The average Bonchev–Trinajstić information content (AvgIpc) is 2.66. The summed E-state index contributed by atoms with van der Waals surface area (Å²) in [7, 11) is 1.51. The van der Waals surface area contributed by atoms with Crippen LogP contribution in [0.5, 0.6) is 0 Å². The van der Waals surface area contributed by atoms with Crippen LogP contribution in [0, 0.1) is 13.8 Å². The van der Waals surface area contributed by atoms with Gasteiger partial charge in [0.15, 0.2) is 5.82 Å². The second-order valence-electron chi connectivity index (χ2n) is 4.40. The highest BCUT2D eigenvalue weighted by atomic mass is 35.5. The summed E-state index contributed by atoms with van der Waals surface area (Å²) in [6, 6.07) is 1.60. The van der Waals surface area contributed by atoms with Crippen LogP contribution in [0.15, 0.2) is 12.4 Å². The van der Waals surface area contributed by atoms with Gasteiger partial charge in [-0.15, -0.1) is 0 Å². The van der Waals surface area contributed by atoms with Crippen LogP contribution >= 0.6 is 11.6 Å². The van der Waals surface area contributed by atoms with Crippen molar-refractivity contribution < 1.29 is 9.90 Å². The molecule has 0 saturated heterocycles. The predicted octanol–water partition coefficient (Wildman–Crippen LogP) is 2.04. The number of carboxylic acid groups (broad SMARTS) is 1. The lowest BCUT2D eigenvalue weighted by molar-refractivity contribution is 0.153. The van der Waals surface area contributed by atoms with E-state index >= 15 is 0 Å². The topological polar surface area (TPSA) is 84.1 Å². The first-order chi connectivity index (χ1) is 9.40. The van der Waals surface area contributed by atoms with Crippen LogP contribution in [-0.2, 0) is 6.54 Å². The summed E-state index contributed by atoms with van der Waals surface area (Å²) in [5.41, 5.74) is 2.43. The Hall–Kier alpha value is -2.15. The molecule has 2 rings (SSSR count). The molecular weight excluding hydrogens is 282 g/mol. The molecule has 0 unspecified atom stereocenters. The van der Waals surface area contributed by atoms with E-state index in [2.05, 4.69) is 15.1 Å². The van der Waals surface area contributed by atoms with Gasteiger partial charge in [0.2, 0.25) is 0 Å². The largest absolute Gasteiger partial charge is 0.465 e. The standard InChI is InChI=1S/C12H14ClN5O2/c1-7-9(5-17(3)12(19)20)8(2)18(16-7)11-4-10(13)14-6-15-11/h4,6H,5H2,1-3H3,(H,19,20). The smallest absolute Gasteiger partial charge is 0.407 e. The van der Waals surface area contributed by atoms with E-state index in [-0.39, 0.29) is 6.54 Å². The minimum atomic E-state index is -0.985. The van der Waals surface area contributed by atoms with E-state index < -0.39 is 6.09 Å². The number of rotatable bonds is 3. The zero-order valence-corrected chi connectivity index (χ0v) is 12.1. The molecular formula is C12H14ClN5O2. The first kappa shape index (κ1) is 14.3. The fourth-order valence-corrected chi connectivity index (χ4v) is 2.01. The summed E-state index contributed by atoms with van der Waals surface area (Å²) in [5.74, 6) is 0.551. The van der Waals surface area contributed by atoms with Crippen molar-refractivity contribution in [3.05, 3.63) is 34.5 Å². The summed E-state index contributed by atoms with van der Waals surface area (Å²) >= 11 is 5.84. The molecule has 0 aliphatic heterocycles. The van der Waals surface area contributed by atoms with Gasteiger partial charge in [-0.1, -0.05) is 11.6 Å². The van der Waals surface area contributed by atoms with E-state index in [1.165, 1.54) is 18.3 Å². The molecule has 7 nitrogen and oxygen atoms in total. The van der Waals surface area contributed by atoms with Gasteiger partial charge in [0.05, 0.1) is 12.2 Å². The zero-order chi connectivity index (χ0) is 14.9. The van der Waals surface area contributed by atoms with Crippen LogP contribution in [0.1, 0.15) is 17.0 Å². The Morgan fingerprint density at radius 1 is 1.45 bits per heavy atom. The minimum absolute atomic E-state index is 0.270. The lowest BCUT2D eigenvalue weighted by Gasteiger charge is -2.13. The van der Waals surface area contributed by atoms with Gasteiger partial charge < -0.3 is 10.0 Å². The van der Waals surface area contributed by atoms with Crippen LogP contribution in [0.2, 0.25) is 5.15 Å². The highest BCUT2D eigenvalue weighted by Crippen LogP contribution is 2.19. The van der Waals surface area contributed by atoms with Crippen molar-refractivity contribution in [3.63, 3.8) is 0 Å². The lowest BCUT2D eigenvalue weighted by atomic mass is 10.2. The Balaban J connectivity index is 2.41. The molecule has 1 amide bonds. The van der Waals surface area contributed by atoms with E-state index in [0.717, 1.165) is 17.0 Å². The van der Waals surface area contributed by atoms with Gasteiger partial charge in [-0.3, -0.25) is 0 Å². The molecule has 0 aliphatic carbocycles. The predicted molar refractivity (Wildman–Crippen MR) is 73.1 cm³/mol. The molecule has 106 valence electrons. The van der Waals surface area contributed by atoms with Crippen molar-refractivity contribution in [2.75, 3.05) is 7.05 Å². The molecule has 8 heteroatoms. The van der Waals surface area contributed by atoms with E-state index in [0.29, 0.717) is 11.0 Å². The number of hydrogen-bond donors (Lipinski definition) is 1. The normalized spacial score (nSPS) is 10.6. The fraction of sp³-hybridized carbons (Fsp3) is 0.333. The number of carbonyl (C=O) groups is 1. The monoisotopic (exact) mass is 295 g/mol. The Morgan fingerprint density at radius 2 is 2.15 bits per heavy atom. The van der Waals surface area contributed by atoms with Crippen molar-refractivity contribution in [1.82, 2.24) is 24.6 Å². The molecule has 2 heterocycles. The highest BCUT2D eigenvalue weighted by molar-refractivity contribution is 6.29. The first-order valence-electron chi connectivity index (χ1n) is 5.87. The second kappa shape index (κ2) is 5.46. The number of aryl methyl sites for hydroxylation is 1. The highest BCUT2D eigenvalue weighted by Gasteiger charge is 2.17. The quantitative estimate of drug-likeness (QED) is 0.876. The summed E-state index contributed by atoms with van der Waals surface area (Å²) < 4.78 is 1.63. The van der Waals surface area contributed by atoms with Gasteiger partial charge in [0.25, 0.3) is 0 Å². The van der Waals surface area contributed by atoms with Crippen molar-refractivity contribution in [2.24, 2.45) is 0 Å². The van der Waals surface area contributed by atoms with E-state index in [9.17, 15) is 4.79 Å². The van der Waals surface area contributed by atoms with Crippen molar-refractivity contribution in [2.45, 2.75) is 20.4 Å². The maximum atomic E-state index is 10.9. The van der Waals surface area contributed by atoms with Gasteiger partial charge in [-0.05, 0) is 13.8 Å². The maximum Gasteiger partial charge on any atom is 0.407 e. The zero-order valence-electron chi connectivity index (χ0n) is 11.3. The number of amides is 1. The molecule has 20 heavy (non-hydrogen) atoms. The van der Waals surface area contributed by atoms with Gasteiger partial charge >= 0.3 is 6.09 Å². The number of aromatic nitrogens is 4. The molecule has 0 atom stereocenters.